The second kappa shape index (κ2) is 7.01. The molecule has 0 atom stereocenters. The molecule has 0 saturated heterocycles. The van der Waals surface area contributed by atoms with Gasteiger partial charge in [0.2, 0.25) is 23.5 Å². The molecule has 0 bridgehead atoms. The molecular formula is C17H11ClFN5O2. The Morgan fingerprint density at radius 2 is 1.92 bits per heavy atom. The maximum absolute atomic E-state index is 13.1. The van der Waals surface area contributed by atoms with Gasteiger partial charge in [-0.15, -0.1) is 10.2 Å². The van der Waals surface area contributed by atoms with Gasteiger partial charge in [-0.05, 0) is 30.3 Å². The molecule has 0 aliphatic carbocycles. The number of aryl methyl sites for hydroxylation is 2. The average Bonchev–Trinajstić information content (AvgIpc) is 3.30. The SMILES string of the molecule is Fc1ccc(-c2nnc(CCc3nc(-c4ccccn4)no3)o2)c(Cl)c1. The summed E-state index contributed by atoms with van der Waals surface area (Å²) < 4.78 is 23.9. The van der Waals surface area contributed by atoms with Crippen molar-refractivity contribution < 1.29 is 13.3 Å². The minimum Gasteiger partial charge on any atom is -0.421 e. The molecule has 4 aromatic rings. The third-order valence-corrected chi connectivity index (χ3v) is 3.86. The molecule has 7 nitrogen and oxygen atoms in total. The number of hydrogen-bond donors (Lipinski definition) is 0. The normalized spacial score (nSPS) is 11.0. The van der Waals surface area contributed by atoms with Crippen LogP contribution in [0.25, 0.3) is 23.0 Å². The molecule has 3 heterocycles. The van der Waals surface area contributed by atoms with Crippen molar-refractivity contribution in [3.63, 3.8) is 0 Å². The molecule has 0 unspecified atom stereocenters. The van der Waals surface area contributed by atoms with E-state index >= 15 is 0 Å². The van der Waals surface area contributed by atoms with Crippen molar-refractivity contribution in [2.24, 2.45) is 0 Å². The highest BCUT2D eigenvalue weighted by Crippen LogP contribution is 2.27. The molecule has 3 aromatic heterocycles. The Morgan fingerprint density at radius 3 is 2.73 bits per heavy atom. The highest BCUT2D eigenvalue weighted by Gasteiger charge is 2.14. The van der Waals surface area contributed by atoms with E-state index in [1.54, 1.807) is 12.3 Å². The Labute approximate surface area is 151 Å². The lowest BCUT2D eigenvalue weighted by Crippen LogP contribution is -1.92. The fraction of sp³-hybridized carbons (Fsp3) is 0.118. The molecular weight excluding hydrogens is 361 g/mol. The lowest BCUT2D eigenvalue weighted by molar-refractivity contribution is 0.373. The molecule has 9 heteroatoms. The predicted octanol–water partition coefficient (Wildman–Crippen LogP) is 3.76. The van der Waals surface area contributed by atoms with E-state index in [0.717, 1.165) is 0 Å². The third kappa shape index (κ3) is 3.45. The van der Waals surface area contributed by atoms with Gasteiger partial charge in [-0.2, -0.15) is 4.98 Å². The highest BCUT2D eigenvalue weighted by molar-refractivity contribution is 6.33. The van der Waals surface area contributed by atoms with E-state index < -0.39 is 5.82 Å². The predicted molar refractivity (Wildman–Crippen MR) is 89.6 cm³/mol. The van der Waals surface area contributed by atoms with Gasteiger partial charge in [0, 0.05) is 19.0 Å². The first-order chi connectivity index (χ1) is 12.7. The summed E-state index contributed by atoms with van der Waals surface area (Å²) in [7, 11) is 0. The van der Waals surface area contributed by atoms with Crippen LogP contribution in [0.1, 0.15) is 11.8 Å². The highest BCUT2D eigenvalue weighted by atomic mass is 35.5. The molecule has 1 aromatic carbocycles. The number of rotatable bonds is 5. The van der Waals surface area contributed by atoms with Crippen LogP contribution >= 0.6 is 11.6 Å². The molecule has 0 aliphatic heterocycles. The summed E-state index contributed by atoms with van der Waals surface area (Å²) >= 11 is 6.00. The van der Waals surface area contributed by atoms with Gasteiger partial charge < -0.3 is 8.94 Å². The maximum atomic E-state index is 13.1. The Morgan fingerprint density at radius 1 is 1.04 bits per heavy atom. The fourth-order valence-electron chi connectivity index (χ4n) is 2.30. The summed E-state index contributed by atoms with van der Waals surface area (Å²) in [4.78, 5) is 8.46. The van der Waals surface area contributed by atoms with Crippen molar-refractivity contribution in [1.29, 1.82) is 0 Å². The topological polar surface area (TPSA) is 90.7 Å². The van der Waals surface area contributed by atoms with Crippen LogP contribution in [0.5, 0.6) is 0 Å². The van der Waals surface area contributed by atoms with Crippen LogP contribution in [0.4, 0.5) is 4.39 Å². The molecule has 26 heavy (non-hydrogen) atoms. The summed E-state index contributed by atoms with van der Waals surface area (Å²) in [6.07, 6.45) is 2.50. The van der Waals surface area contributed by atoms with E-state index in [1.165, 1.54) is 18.2 Å². The summed E-state index contributed by atoms with van der Waals surface area (Å²) in [5.74, 6) is 1.04. The molecule has 4 rings (SSSR count). The van der Waals surface area contributed by atoms with Crippen LogP contribution in [0, 0.1) is 5.82 Å². The van der Waals surface area contributed by atoms with Crippen molar-refractivity contribution in [3.8, 4) is 23.0 Å². The number of nitrogens with zero attached hydrogens (tertiary/aromatic N) is 5. The Kier molecular flexibility index (Phi) is 4.40. The molecule has 0 amide bonds. The molecule has 0 fully saturated rings. The van der Waals surface area contributed by atoms with E-state index in [9.17, 15) is 4.39 Å². The smallest absolute Gasteiger partial charge is 0.249 e. The van der Waals surface area contributed by atoms with Gasteiger partial charge in [-0.3, -0.25) is 4.98 Å². The maximum Gasteiger partial charge on any atom is 0.249 e. The lowest BCUT2D eigenvalue weighted by atomic mass is 10.2. The van der Waals surface area contributed by atoms with E-state index in [0.29, 0.717) is 41.7 Å². The van der Waals surface area contributed by atoms with Gasteiger partial charge >= 0.3 is 0 Å². The number of pyridine rings is 1. The molecule has 0 aliphatic rings. The number of benzene rings is 1. The quantitative estimate of drug-likeness (QED) is 0.527. The van der Waals surface area contributed by atoms with Crippen LogP contribution in [0.2, 0.25) is 5.02 Å². The zero-order valence-corrected chi connectivity index (χ0v) is 14.0. The van der Waals surface area contributed by atoms with Gasteiger partial charge in [0.05, 0.1) is 10.6 Å². The summed E-state index contributed by atoms with van der Waals surface area (Å²) in [5, 5.41) is 12.0. The zero-order valence-electron chi connectivity index (χ0n) is 13.3. The van der Waals surface area contributed by atoms with Crippen LogP contribution in [-0.2, 0) is 12.8 Å². The first-order valence-electron chi connectivity index (χ1n) is 7.71. The Hall–Kier alpha value is -3.13. The Bertz CT molecular complexity index is 1030. The lowest BCUT2D eigenvalue weighted by Gasteiger charge is -1.98. The summed E-state index contributed by atoms with van der Waals surface area (Å²) in [5.41, 5.74) is 1.11. The van der Waals surface area contributed by atoms with Gasteiger partial charge in [0.15, 0.2) is 0 Å². The standard InChI is InChI=1S/C17H11ClFN5O2/c18-12-9-10(19)4-5-11(12)17-23-22-15(25-17)7-6-14-21-16(24-26-14)13-3-1-2-8-20-13/h1-5,8-9H,6-7H2. The van der Waals surface area contributed by atoms with E-state index in [4.69, 9.17) is 20.5 Å². The summed E-state index contributed by atoms with van der Waals surface area (Å²) in [6.45, 7) is 0. The van der Waals surface area contributed by atoms with Crippen molar-refractivity contribution >= 4 is 11.6 Å². The number of halogens is 2. The minimum atomic E-state index is -0.432. The van der Waals surface area contributed by atoms with Crippen LogP contribution < -0.4 is 0 Å². The van der Waals surface area contributed by atoms with Gasteiger partial charge in [0.25, 0.3) is 0 Å². The zero-order chi connectivity index (χ0) is 17.9. The largest absolute Gasteiger partial charge is 0.421 e. The van der Waals surface area contributed by atoms with E-state index in [2.05, 4.69) is 25.3 Å². The summed E-state index contributed by atoms with van der Waals surface area (Å²) in [6, 6.07) is 9.42. The monoisotopic (exact) mass is 371 g/mol. The average molecular weight is 372 g/mol. The van der Waals surface area contributed by atoms with E-state index in [-0.39, 0.29) is 10.9 Å². The van der Waals surface area contributed by atoms with Crippen LogP contribution in [-0.4, -0.2) is 25.3 Å². The van der Waals surface area contributed by atoms with Gasteiger partial charge in [0.1, 0.15) is 11.5 Å². The second-order valence-electron chi connectivity index (χ2n) is 5.35. The van der Waals surface area contributed by atoms with Crippen molar-refractivity contribution in [2.75, 3.05) is 0 Å². The van der Waals surface area contributed by atoms with Crippen LogP contribution in [0.15, 0.2) is 51.5 Å². The fourth-order valence-corrected chi connectivity index (χ4v) is 2.54. The number of aromatic nitrogens is 5. The Balaban J connectivity index is 1.45. The first-order valence-corrected chi connectivity index (χ1v) is 8.08. The molecule has 130 valence electrons. The first kappa shape index (κ1) is 16.3. The molecule has 0 N–H and O–H groups in total. The van der Waals surface area contributed by atoms with Crippen molar-refractivity contribution in [3.05, 3.63) is 65.2 Å². The van der Waals surface area contributed by atoms with E-state index in [1.807, 2.05) is 12.1 Å². The second-order valence-corrected chi connectivity index (χ2v) is 5.76. The third-order valence-electron chi connectivity index (χ3n) is 3.54. The van der Waals surface area contributed by atoms with Crippen molar-refractivity contribution in [1.82, 2.24) is 25.3 Å². The van der Waals surface area contributed by atoms with Gasteiger partial charge in [-0.25, -0.2) is 4.39 Å². The molecule has 0 spiro atoms. The minimum absolute atomic E-state index is 0.206. The van der Waals surface area contributed by atoms with Gasteiger partial charge in [-0.1, -0.05) is 22.8 Å². The molecule has 0 saturated carbocycles. The number of hydrogen-bond acceptors (Lipinski definition) is 7. The van der Waals surface area contributed by atoms with Crippen molar-refractivity contribution in [2.45, 2.75) is 12.8 Å². The molecule has 0 radical (unpaired) electrons. The van der Waals surface area contributed by atoms with Crippen LogP contribution in [0.3, 0.4) is 0 Å².